The van der Waals surface area contributed by atoms with Gasteiger partial charge in [-0.05, 0) is 59.5 Å². The van der Waals surface area contributed by atoms with Crippen molar-refractivity contribution >= 4 is 31.8 Å². The molecule has 3 aromatic carbocycles. The highest BCUT2D eigenvalue weighted by Crippen LogP contribution is 2.39. The van der Waals surface area contributed by atoms with Crippen LogP contribution in [0.5, 0.6) is 0 Å². The van der Waals surface area contributed by atoms with Crippen LogP contribution in [-0.4, -0.2) is 27.5 Å². The number of nitrogens with zero attached hydrogens (tertiary/aromatic N) is 2. The molecule has 1 atom stereocenters. The lowest BCUT2D eigenvalue weighted by Crippen LogP contribution is -2.34. The van der Waals surface area contributed by atoms with Crippen LogP contribution in [0.1, 0.15) is 17.0 Å². The van der Waals surface area contributed by atoms with E-state index in [1.807, 2.05) is 42.5 Å². The molecule has 6 aromatic rings. The number of rotatable bonds is 6. The molecule has 1 unspecified atom stereocenters. The lowest BCUT2D eigenvalue weighted by atomic mass is 9.86. The molecule has 2 N–H and O–H groups in total. The molecule has 0 spiro atoms. The van der Waals surface area contributed by atoms with Crippen LogP contribution in [0.3, 0.4) is 0 Å². The number of aromatic amines is 1. The smallest absolute Gasteiger partial charge is 0.268 e. The minimum absolute atomic E-state index is 0.131. The topological polar surface area (TPSA) is 88.0 Å². The molecular weight excluding hydrogens is 470 g/mol. The van der Waals surface area contributed by atoms with Crippen LogP contribution in [0.25, 0.3) is 21.8 Å². The lowest BCUT2D eigenvalue weighted by molar-refractivity contribution is 0.0750. The average molecular weight is 494 g/mol. The predicted octanol–water partition coefficient (Wildman–Crippen LogP) is 5.23. The van der Waals surface area contributed by atoms with Crippen molar-refractivity contribution in [3.8, 4) is 0 Å². The summed E-state index contributed by atoms with van der Waals surface area (Å²) in [6.45, 7) is 0. The Bertz CT molecular complexity index is 1760. The van der Waals surface area contributed by atoms with Crippen LogP contribution in [0.2, 0.25) is 0 Å². The van der Waals surface area contributed by atoms with E-state index < -0.39 is 15.6 Å². The Morgan fingerprint density at radius 1 is 0.806 bits per heavy atom. The quantitative estimate of drug-likeness (QED) is 0.332. The van der Waals surface area contributed by atoms with Gasteiger partial charge in [-0.2, -0.15) is 0 Å². The molecule has 0 saturated heterocycles. The summed E-state index contributed by atoms with van der Waals surface area (Å²) in [6.07, 6.45) is 3.33. The van der Waals surface area contributed by atoms with Crippen molar-refractivity contribution < 1.29 is 13.5 Å². The molecule has 0 aliphatic heterocycles. The standard InChI is InChI=1S/C29H23N3O3S/c33-29(23-14-16-30-17-15-23,20-24-18-21-8-4-6-12-26(21)31-24)28-19-22-9-5-7-13-27(22)32(28)36(34,35)25-10-2-1-3-11-25/h1-19,31,33H,20H2. The third-order valence-corrected chi connectivity index (χ3v) is 8.30. The molecule has 0 amide bonds. The van der Waals surface area contributed by atoms with Gasteiger partial charge in [0.15, 0.2) is 0 Å². The SMILES string of the molecule is O=S(=O)(c1ccccc1)n1c(C(O)(Cc2cc3ccccc3[nH]2)c2ccncc2)cc2ccccc21. The predicted molar refractivity (Wildman–Crippen MR) is 140 cm³/mol. The van der Waals surface area contributed by atoms with E-state index in [2.05, 4.69) is 9.97 Å². The van der Waals surface area contributed by atoms with Crippen LogP contribution < -0.4 is 0 Å². The summed E-state index contributed by atoms with van der Waals surface area (Å²) in [5, 5.41) is 14.2. The van der Waals surface area contributed by atoms with Crippen LogP contribution in [0.4, 0.5) is 0 Å². The van der Waals surface area contributed by atoms with Gasteiger partial charge in [-0.1, -0.05) is 54.6 Å². The van der Waals surface area contributed by atoms with Crippen LogP contribution >= 0.6 is 0 Å². The number of fused-ring (bicyclic) bond motifs is 2. The first kappa shape index (κ1) is 22.3. The van der Waals surface area contributed by atoms with Crippen molar-refractivity contribution in [3.63, 3.8) is 0 Å². The monoisotopic (exact) mass is 493 g/mol. The van der Waals surface area contributed by atoms with Crippen LogP contribution in [0.15, 0.2) is 120 Å². The van der Waals surface area contributed by atoms with Gasteiger partial charge in [0.1, 0.15) is 5.60 Å². The molecule has 3 aromatic heterocycles. The Morgan fingerprint density at radius 2 is 1.47 bits per heavy atom. The van der Waals surface area contributed by atoms with Gasteiger partial charge in [-0.25, -0.2) is 12.4 Å². The summed E-state index contributed by atoms with van der Waals surface area (Å²) in [6, 6.07) is 30.6. The van der Waals surface area contributed by atoms with E-state index in [1.54, 1.807) is 73.1 Å². The van der Waals surface area contributed by atoms with Gasteiger partial charge in [0.25, 0.3) is 10.0 Å². The zero-order valence-corrected chi connectivity index (χ0v) is 20.1. The summed E-state index contributed by atoms with van der Waals surface area (Å²) in [5.74, 6) is 0. The highest BCUT2D eigenvalue weighted by atomic mass is 32.2. The zero-order chi connectivity index (χ0) is 24.8. The van der Waals surface area contributed by atoms with E-state index in [0.29, 0.717) is 11.1 Å². The number of aromatic nitrogens is 3. The van der Waals surface area contributed by atoms with Crippen molar-refractivity contribution in [2.75, 3.05) is 0 Å². The van der Waals surface area contributed by atoms with E-state index in [4.69, 9.17) is 0 Å². The second-order valence-electron chi connectivity index (χ2n) is 8.83. The second-order valence-corrected chi connectivity index (χ2v) is 10.6. The number of H-pyrrole nitrogens is 1. The molecule has 36 heavy (non-hydrogen) atoms. The van der Waals surface area contributed by atoms with E-state index in [-0.39, 0.29) is 17.0 Å². The minimum Gasteiger partial charge on any atom is -0.378 e. The average Bonchev–Trinajstić information content (AvgIpc) is 3.51. The first-order valence-electron chi connectivity index (χ1n) is 11.6. The van der Waals surface area contributed by atoms with Gasteiger partial charge in [0.2, 0.25) is 0 Å². The largest absolute Gasteiger partial charge is 0.378 e. The Hall–Kier alpha value is -4.20. The van der Waals surface area contributed by atoms with Gasteiger partial charge < -0.3 is 10.1 Å². The summed E-state index contributed by atoms with van der Waals surface area (Å²) in [5.41, 5.74) is 1.36. The molecule has 0 aliphatic carbocycles. The summed E-state index contributed by atoms with van der Waals surface area (Å²) < 4.78 is 29.3. The molecule has 0 aliphatic rings. The Morgan fingerprint density at radius 3 is 2.22 bits per heavy atom. The third-order valence-electron chi connectivity index (χ3n) is 6.56. The molecule has 3 heterocycles. The highest BCUT2D eigenvalue weighted by Gasteiger charge is 2.39. The van der Waals surface area contributed by atoms with Gasteiger partial charge in [0.05, 0.1) is 16.1 Å². The van der Waals surface area contributed by atoms with Crippen molar-refractivity contribution in [1.29, 1.82) is 0 Å². The van der Waals surface area contributed by atoms with Gasteiger partial charge in [0, 0.05) is 35.4 Å². The normalized spacial score (nSPS) is 13.7. The lowest BCUT2D eigenvalue weighted by Gasteiger charge is -2.30. The molecule has 0 radical (unpaired) electrons. The highest BCUT2D eigenvalue weighted by molar-refractivity contribution is 7.90. The first-order chi connectivity index (χ1) is 17.5. The second kappa shape index (κ2) is 8.48. The summed E-state index contributed by atoms with van der Waals surface area (Å²) in [7, 11) is -4.03. The van der Waals surface area contributed by atoms with E-state index >= 15 is 0 Å². The number of nitrogens with one attached hydrogen (secondary N) is 1. The summed E-state index contributed by atoms with van der Waals surface area (Å²) >= 11 is 0. The fraction of sp³-hybridized carbons (Fsp3) is 0.0690. The number of pyridine rings is 1. The van der Waals surface area contributed by atoms with Crippen molar-refractivity contribution in [2.24, 2.45) is 0 Å². The van der Waals surface area contributed by atoms with Crippen molar-refractivity contribution in [3.05, 3.63) is 132 Å². The fourth-order valence-corrected chi connectivity index (χ4v) is 6.45. The fourth-order valence-electron chi connectivity index (χ4n) is 4.85. The number of para-hydroxylation sites is 2. The molecule has 7 heteroatoms. The van der Waals surface area contributed by atoms with Crippen molar-refractivity contribution in [1.82, 2.24) is 13.9 Å². The minimum atomic E-state index is -4.03. The maximum absolute atomic E-state index is 14.0. The van der Waals surface area contributed by atoms with Crippen molar-refractivity contribution in [2.45, 2.75) is 16.9 Å². The molecule has 0 bridgehead atoms. The molecule has 6 rings (SSSR count). The number of hydrogen-bond donors (Lipinski definition) is 2. The number of aliphatic hydroxyl groups is 1. The van der Waals surface area contributed by atoms with Gasteiger partial charge >= 0.3 is 0 Å². The third kappa shape index (κ3) is 3.61. The summed E-state index contributed by atoms with van der Waals surface area (Å²) in [4.78, 5) is 7.64. The maximum atomic E-state index is 14.0. The van der Waals surface area contributed by atoms with Crippen LogP contribution in [0, 0.1) is 0 Å². The van der Waals surface area contributed by atoms with Gasteiger partial charge in [-0.15, -0.1) is 0 Å². The van der Waals surface area contributed by atoms with E-state index in [0.717, 1.165) is 22.0 Å². The zero-order valence-electron chi connectivity index (χ0n) is 19.2. The number of hydrogen-bond acceptors (Lipinski definition) is 4. The maximum Gasteiger partial charge on any atom is 0.268 e. The molecular formula is C29H23N3O3S. The number of benzene rings is 3. The van der Waals surface area contributed by atoms with E-state index in [9.17, 15) is 13.5 Å². The molecule has 0 saturated carbocycles. The van der Waals surface area contributed by atoms with Crippen LogP contribution in [-0.2, 0) is 22.0 Å². The first-order valence-corrected chi connectivity index (χ1v) is 13.0. The van der Waals surface area contributed by atoms with E-state index in [1.165, 1.54) is 3.97 Å². The Kier molecular flexibility index (Phi) is 5.25. The Labute approximate surface area is 208 Å². The molecule has 0 fully saturated rings. The van der Waals surface area contributed by atoms with Gasteiger partial charge in [-0.3, -0.25) is 4.98 Å². The molecule has 6 nitrogen and oxygen atoms in total. The molecule has 178 valence electrons. The Balaban J connectivity index is 1.63.